The summed E-state index contributed by atoms with van der Waals surface area (Å²) in [5.74, 6) is 0. The van der Waals surface area contributed by atoms with Crippen molar-refractivity contribution in [3.05, 3.63) is 29.8 Å². The lowest BCUT2D eigenvalue weighted by Crippen LogP contribution is -2.35. The largest absolute Gasteiger partial charge is 0.373 e. The summed E-state index contributed by atoms with van der Waals surface area (Å²) in [5, 5.41) is 3.74. The summed E-state index contributed by atoms with van der Waals surface area (Å²) in [6.07, 6.45) is 9.54. The molecule has 20 heavy (non-hydrogen) atoms. The van der Waals surface area contributed by atoms with Crippen LogP contribution in [0.25, 0.3) is 0 Å². The van der Waals surface area contributed by atoms with Gasteiger partial charge in [0.2, 0.25) is 0 Å². The Labute approximate surface area is 124 Å². The van der Waals surface area contributed by atoms with Crippen molar-refractivity contribution in [2.75, 3.05) is 25.0 Å². The van der Waals surface area contributed by atoms with Gasteiger partial charge in [0, 0.05) is 31.9 Å². The van der Waals surface area contributed by atoms with Gasteiger partial charge in [-0.15, -0.1) is 0 Å². The zero-order valence-electron chi connectivity index (χ0n) is 13.2. The molecular weight excluding hydrogens is 244 g/mol. The second kappa shape index (κ2) is 8.31. The first-order valence-electron chi connectivity index (χ1n) is 8.33. The maximum Gasteiger partial charge on any atom is 0.0364 e. The normalized spacial score (nSPS) is 16.9. The molecule has 112 valence electrons. The fraction of sp³-hybridized carbons (Fsp3) is 0.667. The highest BCUT2D eigenvalue weighted by atomic mass is 15.1. The van der Waals surface area contributed by atoms with E-state index >= 15 is 0 Å². The maximum absolute atomic E-state index is 3.74. The van der Waals surface area contributed by atoms with Crippen molar-refractivity contribution in [1.82, 2.24) is 5.32 Å². The van der Waals surface area contributed by atoms with E-state index in [0.29, 0.717) is 0 Å². The molecule has 1 N–H and O–H groups in total. The van der Waals surface area contributed by atoms with Crippen LogP contribution in [-0.4, -0.2) is 26.2 Å². The lowest BCUT2D eigenvalue weighted by molar-refractivity contribution is 0.464. The zero-order chi connectivity index (χ0) is 14.2. The van der Waals surface area contributed by atoms with Crippen molar-refractivity contribution in [2.24, 2.45) is 0 Å². The maximum atomic E-state index is 3.74. The van der Waals surface area contributed by atoms with Crippen LogP contribution in [0.4, 0.5) is 5.69 Å². The van der Waals surface area contributed by atoms with Crippen LogP contribution in [0.15, 0.2) is 24.3 Å². The molecule has 0 radical (unpaired) electrons. The van der Waals surface area contributed by atoms with Crippen molar-refractivity contribution in [2.45, 2.75) is 57.9 Å². The van der Waals surface area contributed by atoms with E-state index in [9.17, 15) is 0 Å². The van der Waals surface area contributed by atoms with Gasteiger partial charge in [-0.05, 0) is 37.0 Å². The van der Waals surface area contributed by atoms with E-state index in [4.69, 9.17) is 0 Å². The molecule has 0 amide bonds. The predicted molar refractivity (Wildman–Crippen MR) is 88.6 cm³/mol. The summed E-state index contributed by atoms with van der Waals surface area (Å²) in [6.45, 7) is 4.38. The van der Waals surface area contributed by atoms with Gasteiger partial charge >= 0.3 is 0 Å². The standard InChI is InChI=1S/C18H30N2/c1-3-16-10-12-18(13-11-16)20(2)15-14-19-17-8-6-4-5-7-9-17/h10-13,17,19H,3-9,14-15H2,1-2H3. The summed E-state index contributed by atoms with van der Waals surface area (Å²) in [4.78, 5) is 2.35. The Hall–Kier alpha value is -1.02. The van der Waals surface area contributed by atoms with Crippen LogP contribution in [0.1, 0.15) is 51.0 Å². The van der Waals surface area contributed by atoms with Crippen LogP contribution in [0.2, 0.25) is 0 Å². The van der Waals surface area contributed by atoms with Gasteiger partial charge in [0.25, 0.3) is 0 Å². The Morgan fingerprint density at radius 1 is 1.05 bits per heavy atom. The van der Waals surface area contributed by atoms with E-state index in [1.165, 1.54) is 49.8 Å². The van der Waals surface area contributed by atoms with E-state index in [1.54, 1.807) is 0 Å². The molecule has 0 saturated heterocycles. The molecule has 0 aromatic heterocycles. The summed E-state index contributed by atoms with van der Waals surface area (Å²) < 4.78 is 0. The van der Waals surface area contributed by atoms with Gasteiger partial charge in [-0.2, -0.15) is 0 Å². The Balaban J connectivity index is 1.72. The van der Waals surface area contributed by atoms with E-state index in [0.717, 1.165) is 25.6 Å². The third-order valence-corrected chi connectivity index (χ3v) is 4.52. The molecule has 1 fully saturated rings. The van der Waals surface area contributed by atoms with Gasteiger partial charge in [0.05, 0.1) is 0 Å². The Morgan fingerprint density at radius 3 is 2.30 bits per heavy atom. The number of hydrogen-bond acceptors (Lipinski definition) is 2. The van der Waals surface area contributed by atoms with Gasteiger partial charge in [-0.1, -0.05) is 44.7 Å². The molecule has 2 heteroatoms. The molecule has 0 atom stereocenters. The number of anilines is 1. The third-order valence-electron chi connectivity index (χ3n) is 4.52. The number of aryl methyl sites for hydroxylation is 1. The molecule has 0 aliphatic heterocycles. The van der Waals surface area contributed by atoms with E-state index in [-0.39, 0.29) is 0 Å². The first-order chi connectivity index (χ1) is 9.79. The minimum absolute atomic E-state index is 0.758. The molecule has 0 heterocycles. The lowest BCUT2D eigenvalue weighted by atomic mass is 10.1. The van der Waals surface area contributed by atoms with Gasteiger partial charge in [0.1, 0.15) is 0 Å². The summed E-state index contributed by atoms with van der Waals surface area (Å²) >= 11 is 0. The highest BCUT2D eigenvalue weighted by Crippen LogP contribution is 2.17. The van der Waals surface area contributed by atoms with E-state index in [2.05, 4.69) is 48.5 Å². The lowest BCUT2D eigenvalue weighted by Gasteiger charge is -2.22. The van der Waals surface area contributed by atoms with E-state index < -0.39 is 0 Å². The van der Waals surface area contributed by atoms with Crippen LogP contribution >= 0.6 is 0 Å². The predicted octanol–water partition coefficient (Wildman–Crippen LogP) is 4.00. The Bertz CT molecular complexity index is 364. The van der Waals surface area contributed by atoms with Crippen LogP contribution in [0.3, 0.4) is 0 Å². The number of nitrogens with one attached hydrogen (secondary N) is 1. The molecule has 2 rings (SSSR count). The average molecular weight is 274 g/mol. The molecule has 0 unspecified atom stereocenters. The molecule has 1 aromatic carbocycles. The number of likely N-dealkylation sites (N-methyl/N-ethyl adjacent to an activating group) is 1. The molecular formula is C18H30N2. The second-order valence-corrected chi connectivity index (χ2v) is 6.08. The summed E-state index contributed by atoms with van der Waals surface area (Å²) in [5.41, 5.74) is 2.74. The molecule has 1 aliphatic rings. The monoisotopic (exact) mass is 274 g/mol. The van der Waals surface area contributed by atoms with E-state index in [1.807, 2.05) is 0 Å². The highest BCUT2D eigenvalue weighted by molar-refractivity contribution is 5.46. The zero-order valence-corrected chi connectivity index (χ0v) is 13.2. The fourth-order valence-electron chi connectivity index (χ4n) is 3.04. The summed E-state index contributed by atoms with van der Waals surface area (Å²) in [6, 6.07) is 9.72. The van der Waals surface area contributed by atoms with Crippen LogP contribution in [0.5, 0.6) is 0 Å². The molecule has 1 saturated carbocycles. The minimum atomic E-state index is 0.758. The molecule has 1 aromatic rings. The summed E-state index contributed by atoms with van der Waals surface area (Å²) in [7, 11) is 2.19. The van der Waals surface area contributed by atoms with Crippen molar-refractivity contribution in [3.8, 4) is 0 Å². The quantitative estimate of drug-likeness (QED) is 0.789. The average Bonchev–Trinajstić information content (AvgIpc) is 2.76. The van der Waals surface area contributed by atoms with Crippen LogP contribution < -0.4 is 10.2 Å². The number of rotatable bonds is 6. The Morgan fingerprint density at radius 2 is 1.70 bits per heavy atom. The smallest absolute Gasteiger partial charge is 0.0364 e. The van der Waals surface area contributed by atoms with Crippen molar-refractivity contribution < 1.29 is 0 Å². The third kappa shape index (κ3) is 4.82. The molecule has 1 aliphatic carbocycles. The first kappa shape index (κ1) is 15.4. The molecule has 2 nitrogen and oxygen atoms in total. The number of nitrogens with zero attached hydrogens (tertiary/aromatic N) is 1. The molecule has 0 spiro atoms. The van der Waals surface area contributed by atoms with Gasteiger partial charge in [0.15, 0.2) is 0 Å². The molecule has 0 bridgehead atoms. The SMILES string of the molecule is CCc1ccc(N(C)CCNC2CCCCCC2)cc1. The van der Waals surface area contributed by atoms with Crippen LogP contribution in [0, 0.1) is 0 Å². The van der Waals surface area contributed by atoms with Gasteiger partial charge < -0.3 is 10.2 Å². The number of benzene rings is 1. The number of hydrogen-bond donors (Lipinski definition) is 1. The topological polar surface area (TPSA) is 15.3 Å². The van der Waals surface area contributed by atoms with Crippen molar-refractivity contribution >= 4 is 5.69 Å². The van der Waals surface area contributed by atoms with Gasteiger partial charge in [-0.25, -0.2) is 0 Å². The minimum Gasteiger partial charge on any atom is -0.373 e. The Kier molecular flexibility index (Phi) is 6.38. The highest BCUT2D eigenvalue weighted by Gasteiger charge is 2.11. The van der Waals surface area contributed by atoms with Crippen LogP contribution in [-0.2, 0) is 6.42 Å². The van der Waals surface area contributed by atoms with Crippen molar-refractivity contribution in [3.63, 3.8) is 0 Å². The fourth-order valence-corrected chi connectivity index (χ4v) is 3.04. The second-order valence-electron chi connectivity index (χ2n) is 6.08. The van der Waals surface area contributed by atoms with Crippen molar-refractivity contribution in [1.29, 1.82) is 0 Å². The first-order valence-corrected chi connectivity index (χ1v) is 8.33. The van der Waals surface area contributed by atoms with Gasteiger partial charge in [-0.3, -0.25) is 0 Å².